The van der Waals surface area contributed by atoms with E-state index in [4.69, 9.17) is 9.88 Å². The molecule has 3 aromatic rings. The average Bonchev–Trinajstić information content (AvgIpc) is 3.25. The lowest BCUT2D eigenvalue weighted by molar-refractivity contribution is -0.123. The third-order valence-electron chi connectivity index (χ3n) is 7.78. The number of carboxylic acids is 1. The van der Waals surface area contributed by atoms with Gasteiger partial charge in [-0.25, -0.2) is 18.4 Å². The predicted molar refractivity (Wildman–Crippen MR) is 158 cm³/mol. The quantitative estimate of drug-likeness (QED) is 0.257. The molecule has 1 atom stereocenters. The van der Waals surface area contributed by atoms with Crippen molar-refractivity contribution in [2.24, 2.45) is 12.2 Å². The Kier molecular flexibility index (Phi) is 10.4. The van der Waals surface area contributed by atoms with E-state index in [1.54, 1.807) is 23.5 Å². The number of unbranched alkanes of at least 4 members (excludes halogenated alkanes) is 2. The summed E-state index contributed by atoms with van der Waals surface area (Å²) in [7, 11) is 3.69. The van der Waals surface area contributed by atoms with Crippen molar-refractivity contribution in [2.75, 3.05) is 26.7 Å². The number of aromatic carboxylic acids is 1. The molecule has 4 rings (SSSR count). The van der Waals surface area contributed by atoms with Gasteiger partial charge in [-0.3, -0.25) is 4.79 Å². The van der Waals surface area contributed by atoms with Crippen LogP contribution in [0.25, 0.3) is 22.2 Å². The number of nitrogens with zero attached hydrogens (tertiary/aromatic N) is 2. The zero-order valence-corrected chi connectivity index (χ0v) is 24.2. The predicted octanol–water partition coefficient (Wildman–Crippen LogP) is 4.73. The van der Waals surface area contributed by atoms with Gasteiger partial charge in [0.2, 0.25) is 0 Å². The molecule has 1 aromatic heterocycles. The third-order valence-corrected chi connectivity index (χ3v) is 8.58. The zero-order chi connectivity index (χ0) is 28.6. The Hall–Kier alpha value is -3.21. The van der Waals surface area contributed by atoms with Crippen LogP contribution in [0.4, 0.5) is 0 Å². The van der Waals surface area contributed by atoms with E-state index in [-0.39, 0.29) is 18.1 Å². The highest BCUT2D eigenvalue weighted by Crippen LogP contribution is 2.45. The van der Waals surface area contributed by atoms with Gasteiger partial charge >= 0.3 is 5.97 Å². The highest BCUT2D eigenvalue weighted by atomic mass is 32.2. The number of ether oxygens (including phenoxy) is 1. The highest BCUT2D eigenvalue weighted by molar-refractivity contribution is 7.80. The number of nitrogens with two attached hydrogens (primary N) is 1. The van der Waals surface area contributed by atoms with Crippen molar-refractivity contribution < 1.29 is 23.6 Å². The van der Waals surface area contributed by atoms with Crippen molar-refractivity contribution in [2.45, 2.75) is 57.3 Å². The van der Waals surface area contributed by atoms with Crippen LogP contribution >= 0.6 is 0 Å². The summed E-state index contributed by atoms with van der Waals surface area (Å²) >= 11 is -1.45. The van der Waals surface area contributed by atoms with E-state index < -0.39 is 17.1 Å². The van der Waals surface area contributed by atoms with Gasteiger partial charge in [-0.05, 0) is 61.4 Å². The number of aromatic nitrogens is 1. The van der Waals surface area contributed by atoms with Crippen molar-refractivity contribution >= 4 is 34.0 Å². The maximum Gasteiger partial charge on any atom is 0.335 e. The Bertz CT molecular complexity index is 1370. The second-order valence-corrected chi connectivity index (χ2v) is 11.7. The Morgan fingerprint density at radius 3 is 2.60 bits per heavy atom. The van der Waals surface area contributed by atoms with Crippen LogP contribution in [0.5, 0.6) is 5.75 Å². The van der Waals surface area contributed by atoms with Crippen molar-refractivity contribution in [1.82, 2.24) is 14.2 Å². The Balaban J connectivity index is 1.50. The fraction of sp³-hybridized carbons (Fsp3) is 0.467. The molecule has 0 aliphatic heterocycles. The maximum atomic E-state index is 12.6. The molecule has 40 heavy (non-hydrogen) atoms. The van der Waals surface area contributed by atoms with E-state index >= 15 is 0 Å². The monoisotopic (exact) mass is 568 g/mol. The molecule has 0 spiro atoms. The molecule has 1 aliphatic carbocycles. The number of hydrogen-bond acceptors (Lipinski definition) is 4. The van der Waals surface area contributed by atoms with E-state index in [1.165, 1.54) is 24.8 Å². The summed E-state index contributed by atoms with van der Waals surface area (Å²) in [6.45, 7) is 1.09. The van der Waals surface area contributed by atoms with Crippen LogP contribution in [-0.2, 0) is 23.0 Å². The third kappa shape index (κ3) is 7.10. The second kappa shape index (κ2) is 13.9. The number of hydrogen-bond donors (Lipinski definition) is 3. The topological polar surface area (TPSA) is 127 Å². The summed E-state index contributed by atoms with van der Waals surface area (Å²) in [6, 6.07) is 13.1. The van der Waals surface area contributed by atoms with E-state index in [0.29, 0.717) is 24.8 Å². The number of aryl methyl sites for hydroxylation is 1. The van der Waals surface area contributed by atoms with Gasteiger partial charge < -0.3 is 19.7 Å². The Morgan fingerprint density at radius 2 is 1.88 bits per heavy atom. The van der Waals surface area contributed by atoms with Gasteiger partial charge in [0.15, 0.2) is 17.8 Å². The summed E-state index contributed by atoms with van der Waals surface area (Å²) in [5, 5.41) is 18.9. The van der Waals surface area contributed by atoms with Crippen LogP contribution in [0.15, 0.2) is 42.5 Å². The molecule has 1 unspecified atom stereocenters. The number of carboxylic acid groups (broad SMARTS) is 1. The number of carbonyl (C=O) groups is 2. The van der Waals surface area contributed by atoms with Gasteiger partial charge in [0.05, 0.1) is 11.3 Å². The van der Waals surface area contributed by atoms with Gasteiger partial charge in [0.1, 0.15) is 5.75 Å². The number of carbonyl (C=O) groups excluding carboxylic acids is 1. The van der Waals surface area contributed by atoms with E-state index in [2.05, 4.69) is 9.88 Å². The Labute approximate surface area is 238 Å². The molecular weight excluding hydrogens is 528 g/mol. The smallest absolute Gasteiger partial charge is 0.335 e. The lowest BCUT2D eigenvalue weighted by atomic mass is 9.81. The van der Waals surface area contributed by atoms with Crippen LogP contribution in [0.3, 0.4) is 0 Å². The van der Waals surface area contributed by atoms with Crippen LogP contribution in [0.1, 0.15) is 73.2 Å². The molecular formula is C30H40N4O5S. The lowest BCUT2D eigenvalue weighted by Crippen LogP contribution is -2.30. The first-order valence-corrected chi connectivity index (χ1v) is 15.2. The van der Waals surface area contributed by atoms with E-state index in [0.717, 1.165) is 54.3 Å². The highest BCUT2D eigenvalue weighted by Gasteiger charge is 2.27. The number of amides is 1. The minimum atomic E-state index is -1.45. The molecule has 4 N–H and O–H groups in total. The molecule has 2 aromatic carbocycles. The summed E-state index contributed by atoms with van der Waals surface area (Å²) in [6.07, 6.45) is 8.33. The molecule has 0 bridgehead atoms. The first-order valence-electron chi connectivity index (χ1n) is 14.0. The maximum absolute atomic E-state index is 12.6. The number of fused-ring (bicyclic) bond motifs is 1. The zero-order valence-electron chi connectivity index (χ0n) is 23.4. The number of rotatable bonds is 13. The number of nitrogens with one attached hydrogen (secondary N) is 1. The van der Waals surface area contributed by atoms with E-state index in [9.17, 15) is 18.9 Å². The summed E-state index contributed by atoms with van der Waals surface area (Å²) in [4.78, 5) is 24.3. The molecule has 1 aliphatic rings. The first kappa shape index (κ1) is 29.8. The van der Waals surface area contributed by atoms with Crippen molar-refractivity contribution in [3.05, 3.63) is 53.6 Å². The lowest BCUT2D eigenvalue weighted by Gasteiger charge is -2.24. The molecule has 9 nitrogen and oxygen atoms in total. The average molecular weight is 569 g/mol. The standard InChI is InChI=1S/C30H40N4O5S/c1-33(40(31)38)18-10-4-9-17-32-27(35)20-39-26-14-8-7-13-24(26)29-28(21-11-5-3-6-12-21)23-16-15-22(30(36)37)19-25(23)34(29)2/h7-8,13-16,19,21H,3-6,9-12,17-18,20,31H2,1-2H3,(H,32,35)(H,36,37). The Morgan fingerprint density at radius 1 is 1.12 bits per heavy atom. The van der Waals surface area contributed by atoms with Crippen molar-refractivity contribution in [3.8, 4) is 17.0 Å². The second-order valence-electron chi connectivity index (χ2n) is 10.5. The van der Waals surface area contributed by atoms with Gasteiger partial charge in [0, 0.05) is 43.7 Å². The molecule has 216 valence electrons. The number of para-hydroxylation sites is 1. The van der Waals surface area contributed by atoms with E-state index in [1.807, 2.05) is 37.4 Å². The minimum Gasteiger partial charge on any atom is -0.483 e. The summed E-state index contributed by atoms with van der Waals surface area (Å²) < 4.78 is 20.9. The van der Waals surface area contributed by atoms with Gasteiger partial charge in [-0.1, -0.05) is 43.9 Å². The normalized spacial score (nSPS) is 14.9. The molecule has 0 saturated heterocycles. The largest absolute Gasteiger partial charge is 0.483 e. The van der Waals surface area contributed by atoms with Gasteiger partial charge in [-0.15, -0.1) is 0 Å². The minimum absolute atomic E-state index is 0.0994. The molecule has 10 heteroatoms. The molecule has 1 amide bonds. The summed E-state index contributed by atoms with van der Waals surface area (Å²) in [5.41, 5.74) is 4.29. The number of benzene rings is 2. The SMILES string of the molecule is CN(CCCCCNC(=O)COc1ccccc1-c1c(C2CCCCC2)c2ccc(C(=O)O)cc2n1C)S(N)=O. The fourth-order valence-electron chi connectivity index (χ4n) is 5.67. The van der Waals surface area contributed by atoms with Gasteiger partial charge in [-0.2, -0.15) is 0 Å². The molecule has 1 saturated carbocycles. The van der Waals surface area contributed by atoms with Crippen LogP contribution in [0.2, 0.25) is 0 Å². The molecule has 1 fully saturated rings. The van der Waals surface area contributed by atoms with Crippen LogP contribution in [-0.4, -0.2) is 56.8 Å². The van der Waals surface area contributed by atoms with Crippen LogP contribution < -0.4 is 15.2 Å². The molecule has 0 radical (unpaired) electrons. The fourth-order valence-corrected chi connectivity index (χ4v) is 5.97. The molecule has 1 heterocycles. The summed E-state index contributed by atoms with van der Waals surface area (Å²) in [5.74, 6) is -0.135. The van der Waals surface area contributed by atoms with Gasteiger partial charge in [0.25, 0.3) is 5.91 Å². The first-order chi connectivity index (χ1) is 19.3. The van der Waals surface area contributed by atoms with Crippen molar-refractivity contribution in [1.29, 1.82) is 0 Å². The van der Waals surface area contributed by atoms with Crippen LogP contribution in [0, 0.1) is 0 Å². The van der Waals surface area contributed by atoms with Crippen molar-refractivity contribution in [3.63, 3.8) is 0 Å².